The van der Waals surface area contributed by atoms with Gasteiger partial charge in [-0.2, -0.15) is 0 Å². The molecule has 1 amide bonds. The van der Waals surface area contributed by atoms with Crippen molar-refractivity contribution in [3.05, 3.63) is 35.9 Å². The Morgan fingerprint density at radius 2 is 1.96 bits per heavy atom. The molecule has 2 heterocycles. The van der Waals surface area contributed by atoms with Gasteiger partial charge in [-0.1, -0.05) is 18.2 Å². The van der Waals surface area contributed by atoms with Crippen molar-refractivity contribution < 1.29 is 18.8 Å². The number of benzene rings is 1. The zero-order valence-corrected chi connectivity index (χ0v) is 13.0. The zero-order valence-electron chi connectivity index (χ0n) is 13.0. The number of nitrogens with zero attached hydrogens (tertiary/aromatic N) is 2. The summed E-state index contributed by atoms with van der Waals surface area (Å²) in [6, 6.07) is 8.18. The lowest BCUT2D eigenvalue weighted by molar-refractivity contribution is -0.159. The van der Waals surface area contributed by atoms with E-state index in [1.54, 1.807) is 29.2 Å². The maximum absolute atomic E-state index is 14.3. The number of hydrogen-bond acceptors (Lipinski definition) is 4. The predicted molar refractivity (Wildman–Crippen MR) is 82.3 cm³/mol. The zero-order chi connectivity index (χ0) is 16.2. The third kappa shape index (κ3) is 3.69. The number of alkyl halides is 1. The van der Waals surface area contributed by atoms with Crippen LogP contribution < -0.4 is 0 Å². The minimum atomic E-state index is -1.07. The molecule has 2 aliphatic rings. The summed E-state index contributed by atoms with van der Waals surface area (Å²) in [6.07, 6.45) is 1.44. The van der Waals surface area contributed by atoms with Crippen molar-refractivity contribution in [2.45, 2.75) is 37.9 Å². The van der Waals surface area contributed by atoms with Gasteiger partial charge in [-0.05, 0) is 31.4 Å². The second kappa shape index (κ2) is 7.08. The Hall–Kier alpha value is -1.95. The van der Waals surface area contributed by atoms with E-state index in [1.165, 1.54) is 5.06 Å². The third-order valence-corrected chi connectivity index (χ3v) is 4.44. The van der Waals surface area contributed by atoms with E-state index in [1.807, 2.05) is 6.07 Å². The van der Waals surface area contributed by atoms with Gasteiger partial charge in [0.1, 0.15) is 6.17 Å². The average Bonchev–Trinajstić information content (AvgIpc) is 2.58. The van der Waals surface area contributed by atoms with E-state index >= 15 is 0 Å². The topological polar surface area (TPSA) is 49.9 Å². The first-order valence-corrected chi connectivity index (χ1v) is 8.11. The molecular weight excluding hydrogens is 299 g/mol. The maximum Gasteiger partial charge on any atom is 0.357 e. The highest BCUT2D eigenvalue weighted by molar-refractivity contribution is 5.89. The van der Waals surface area contributed by atoms with Crippen LogP contribution in [0.3, 0.4) is 0 Å². The molecule has 0 spiro atoms. The molecule has 0 aromatic heterocycles. The van der Waals surface area contributed by atoms with Crippen LogP contribution in [0.15, 0.2) is 30.3 Å². The number of carbonyl (C=O) groups is 2. The molecule has 1 aromatic carbocycles. The minimum Gasteiger partial charge on any atom is -0.364 e. The molecule has 23 heavy (non-hydrogen) atoms. The Bertz CT molecular complexity index is 566. The van der Waals surface area contributed by atoms with E-state index < -0.39 is 18.2 Å². The van der Waals surface area contributed by atoms with Crippen LogP contribution in [0.4, 0.5) is 4.39 Å². The number of hydroxylamine groups is 2. The normalized spacial score (nSPS) is 26.1. The number of halogens is 1. The molecule has 2 atom stereocenters. The van der Waals surface area contributed by atoms with Crippen molar-refractivity contribution in [2.24, 2.45) is 0 Å². The lowest BCUT2D eigenvalue weighted by atomic mass is 10.00. The van der Waals surface area contributed by atoms with Crippen molar-refractivity contribution in [2.75, 3.05) is 19.6 Å². The Balaban J connectivity index is 1.63. The highest BCUT2D eigenvalue weighted by Crippen LogP contribution is 2.24. The van der Waals surface area contributed by atoms with Crippen molar-refractivity contribution in [1.29, 1.82) is 0 Å². The van der Waals surface area contributed by atoms with Gasteiger partial charge >= 0.3 is 5.97 Å². The fraction of sp³-hybridized carbons (Fsp3) is 0.529. The van der Waals surface area contributed by atoms with Crippen LogP contribution in [-0.4, -0.2) is 53.7 Å². The van der Waals surface area contributed by atoms with Gasteiger partial charge in [0.15, 0.2) is 0 Å². The highest BCUT2D eigenvalue weighted by Gasteiger charge is 2.38. The third-order valence-electron chi connectivity index (χ3n) is 4.44. The summed E-state index contributed by atoms with van der Waals surface area (Å²) in [7, 11) is 0. The van der Waals surface area contributed by atoms with Gasteiger partial charge in [0.2, 0.25) is 5.91 Å². The molecule has 2 unspecified atom stereocenters. The molecule has 0 bridgehead atoms. The quantitative estimate of drug-likeness (QED) is 0.856. The second-order valence-corrected chi connectivity index (χ2v) is 6.05. The molecule has 0 saturated carbocycles. The number of amides is 1. The fourth-order valence-electron chi connectivity index (χ4n) is 3.17. The second-order valence-electron chi connectivity index (χ2n) is 6.05. The van der Waals surface area contributed by atoms with Crippen molar-refractivity contribution in [3.8, 4) is 0 Å². The monoisotopic (exact) mass is 320 g/mol. The molecule has 0 aliphatic carbocycles. The first-order chi connectivity index (χ1) is 11.1. The van der Waals surface area contributed by atoms with E-state index in [9.17, 15) is 14.0 Å². The Morgan fingerprint density at radius 3 is 2.70 bits per heavy atom. The van der Waals surface area contributed by atoms with Gasteiger partial charge in [-0.15, -0.1) is 5.06 Å². The molecule has 2 saturated heterocycles. The Morgan fingerprint density at radius 1 is 1.17 bits per heavy atom. The molecule has 5 nitrogen and oxygen atoms in total. The van der Waals surface area contributed by atoms with Gasteiger partial charge in [0.05, 0.1) is 18.2 Å². The van der Waals surface area contributed by atoms with Crippen molar-refractivity contribution in [1.82, 2.24) is 9.96 Å². The fourth-order valence-corrected chi connectivity index (χ4v) is 3.17. The largest absolute Gasteiger partial charge is 0.364 e. The van der Waals surface area contributed by atoms with E-state index in [0.29, 0.717) is 25.1 Å². The van der Waals surface area contributed by atoms with Crippen LogP contribution in [0.5, 0.6) is 0 Å². The Labute approximate surface area is 135 Å². The lowest BCUT2D eigenvalue weighted by Crippen LogP contribution is -2.56. The summed E-state index contributed by atoms with van der Waals surface area (Å²) in [5.41, 5.74) is 0.459. The first-order valence-electron chi connectivity index (χ1n) is 8.11. The van der Waals surface area contributed by atoms with Gasteiger partial charge in [0.25, 0.3) is 0 Å². The highest BCUT2D eigenvalue weighted by atomic mass is 19.1. The van der Waals surface area contributed by atoms with Crippen LogP contribution >= 0.6 is 0 Å². The summed E-state index contributed by atoms with van der Waals surface area (Å²) >= 11 is 0. The van der Waals surface area contributed by atoms with Crippen LogP contribution in [0, 0.1) is 0 Å². The number of hydrogen-bond donors (Lipinski definition) is 0. The minimum absolute atomic E-state index is 0.000126. The number of carbonyl (C=O) groups excluding carboxylic acids is 2. The smallest absolute Gasteiger partial charge is 0.357 e. The van der Waals surface area contributed by atoms with E-state index in [2.05, 4.69) is 0 Å². The predicted octanol–water partition coefficient (Wildman–Crippen LogP) is 2.18. The molecule has 6 heteroatoms. The Kier molecular flexibility index (Phi) is 4.91. The van der Waals surface area contributed by atoms with Gasteiger partial charge in [0, 0.05) is 19.5 Å². The molecule has 2 fully saturated rings. The molecule has 0 N–H and O–H groups in total. The summed E-state index contributed by atoms with van der Waals surface area (Å²) in [5.74, 6) is -0.452. The van der Waals surface area contributed by atoms with Crippen molar-refractivity contribution >= 4 is 11.9 Å². The molecule has 0 radical (unpaired) electrons. The first kappa shape index (κ1) is 15.9. The van der Waals surface area contributed by atoms with E-state index in [4.69, 9.17) is 4.84 Å². The maximum atomic E-state index is 14.3. The summed E-state index contributed by atoms with van der Waals surface area (Å²) < 4.78 is 14.3. The van der Waals surface area contributed by atoms with Crippen LogP contribution in [-0.2, 0) is 9.63 Å². The van der Waals surface area contributed by atoms with E-state index in [-0.39, 0.29) is 18.9 Å². The van der Waals surface area contributed by atoms with Crippen molar-refractivity contribution in [3.63, 3.8) is 0 Å². The lowest BCUT2D eigenvalue weighted by Gasteiger charge is -2.41. The summed E-state index contributed by atoms with van der Waals surface area (Å²) in [6.45, 7) is 1.16. The molecule has 124 valence electrons. The van der Waals surface area contributed by atoms with Crippen LogP contribution in [0.1, 0.15) is 36.0 Å². The van der Waals surface area contributed by atoms with Gasteiger partial charge < -0.3 is 9.74 Å². The molecule has 2 aliphatic heterocycles. The molecular formula is C17H21FN2O3. The average molecular weight is 320 g/mol. The number of rotatable bonds is 3. The number of piperidine rings is 2. The van der Waals surface area contributed by atoms with Gasteiger partial charge in [-0.3, -0.25) is 4.79 Å². The number of likely N-dealkylation sites (tertiary alicyclic amines) is 1. The summed E-state index contributed by atoms with van der Waals surface area (Å²) in [5, 5.41) is 1.48. The van der Waals surface area contributed by atoms with Crippen LogP contribution in [0.2, 0.25) is 0 Å². The SMILES string of the molecule is O=C(ON1CCC(F)C(N2CCCCC2=O)C1)c1ccccc1. The summed E-state index contributed by atoms with van der Waals surface area (Å²) in [4.78, 5) is 31.1. The molecule has 3 rings (SSSR count). The standard InChI is InChI=1S/C17H21FN2O3/c18-14-9-11-19(23-17(22)13-6-2-1-3-7-13)12-15(14)20-10-5-4-8-16(20)21/h1-3,6-7,14-15H,4-5,8-12H2. The van der Waals surface area contributed by atoms with E-state index in [0.717, 1.165) is 12.8 Å². The van der Waals surface area contributed by atoms with Crippen LogP contribution in [0.25, 0.3) is 0 Å². The van der Waals surface area contributed by atoms with Gasteiger partial charge in [-0.25, -0.2) is 9.18 Å². The molecule has 1 aromatic rings.